The number of hydrogen-bond acceptors (Lipinski definition) is 2. The van der Waals surface area contributed by atoms with Gasteiger partial charge < -0.3 is 10.2 Å². The van der Waals surface area contributed by atoms with Gasteiger partial charge in [-0.05, 0) is 26.7 Å². The summed E-state index contributed by atoms with van der Waals surface area (Å²) in [6.07, 6.45) is 2.16. The van der Waals surface area contributed by atoms with Crippen molar-refractivity contribution in [3.8, 4) is 0 Å². The second kappa shape index (κ2) is 3.23. The van der Waals surface area contributed by atoms with Gasteiger partial charge in [0.1, 0.15) is 0 Å². The minimum Gasteiger partial charge on any atom is -0.337 e. The summed E-state index contributed by atoms with van der Waals surface area (Å²) in [6, 6.07) is 0.800. The van der Waals surface area contributed by atoms with E-state index in [1.807, 2.05) is 0 Å². The van der Waals surface area contributed by atoms with Gasteiger partial charge in [-0.15, -0.1) is 0 Å². The lowest BCUT2D eigenvalue weighted by Gasteiger charge is -2.39. The number of carbonyl (C=O) groups excluding carboxylic acids is 1. The van der Waals surface area contributed by atoms with Gasteiger partial charge in [0, 0.05) is 30.6 Å². The predicted molar refractivity (Wildman–Crippen MR) is 56.0 cm³/mol. The van der Waals surface area contributed by atoms with Crippen LogP contribution in [0.1, 0.15) is 33.6 Å². The molecule has 3 nitrogen and oxygen atoms in total. The summed E-state index contributed by atoms with van der Waals surface area (Å²) < 4.78 is 0. The van der Waals surface area contributed by atoms with Crippen LogP contribution >= 0.6 is 0 Å². The molecule has 0 aromatic carbocycles. The van der Waals surface area contributed by atoms with E-state index < -0.39 is 0 Å². The molecule has 1 heterocycles. The highest BCUT2D eigenvalue weighted by molar-refractivity contribution is 5.85. The highest BCUT2D eigenvalue weighted by Crippen LogP contribution is 2.46. The smallest absolute Gasteiger partial charge is 0.228 e. The maximum absolute atomic E-state index is 12.1. The van der Waals surface area contributed by atoms with Crippen molar-refractivity contribution < 1.29 is 4.79 Å². The number of nitrogens with zero attached hydrogens (tertiary/aromatic N) is 1. The van der Waals surface area contributed by atoms with Crippen LogP contribution < -0.4 is 5.32 Å². The zero-order valence-corrected chi connectivity index (χ0v) is 9.34. The van der Waals surface area contributed by atoms with Crippen molar-refractivity contribution in [2.24, 2.45) is 5.41 Å². The van der Waals surface area contributed by atoms with Gasteiger partial charge in [-0.3, -0.25) is 4.79 Å². The molecular formula is C11H20N2O. The number of amides is 1. The number of rotatable bonds is 1. The van der Waals surface area contributed by atoms with Gasteiger partial charge in [0.05, 0.1) is 0 Å². The molecule has 14 heavy (non-hydrogen) atoms. The van der Waals surface area contributed by atoms with Crippen molar-refractivity contribution in [2.45, 2.75) is 45.7 Å². The molecule has 1 aliphatic heterocycles. The first-order chi connectivity index (χ1) is 6.53. The first-order valence-electron chi connectivity index (χ1n) is 5.57. The van der Waals surface area contributed by atoms with Crippen molar-refractivity contribution in [3.63, 3.8) is 0 Å². The van der Waals surface area contributed by atoms with Crippen LogP contribution in [0.15, 0.2) is 0 Å². The molecule has 80 valence electrons. The van der Waals surface area contributed by atoms with Gasteiger partial charge in [-0.25, -0.2) is 0 Å². The van der Waals surface area contributed by atoms with Crippen LogP contribution in [-0.4, -0.2) is 36.0 Å². The zero-order chi connectivity index (χ0) is 10.3. The Morgan fingerprint density at radius 3 is 2.64 bits per heavy atom. The molecule has 1 N–H and O–H groups in total. The quantitative estimate of drug-likeness (QED) is 0.678. The van der Waals surface area contributed by atoms with E-state index in [0.29, 0.717) is 18.0 Å². The highest BCUT2D eigenvalue weighted by Gasteiger charge is 2.48. The van der Waals surface area contributed by atoms with Gasteiger partial charge in [-0.2, -0.15) is 0 Å². The van der Waals surface area contributed by atoms with Gasteiger partial charge in [-0.1, -0.05) is 6.92 Å². The predicted octanol–water partition coefficient (Wildman–Crippen LogP) is 0.995. The van der Waals surface area contributed by atoms with Crippen LogP contribution in [0.25, 0.3) is 0 Å². The lowest BCUT2D eigenvalue weighted by Crippen LogP contribution is -2.57. The van der Waals surface area contributed by atoms with Gasteiger partial charge in [0.25, 0.3) is 0 Å². The summed E-state index contributed by atoms with van der Waals surface area (Å²) >= 11 is 0. The van der Waals surface area contributed by atoms with Crippen molar-refractivity contribution in [1.82, 2.24) is 10.2 Å². The van der Waals surface area contributed by atoms with Crippen LogP contribution in [0.5, 0.6) is 0 Å². The number of piperazine rings is 1. The zero-order valence-electron chi connectivity index (χ0n) is 9.34. The fourth-order valence-electron chi connectivity index (χ4n) is 2.05. The Bertz CT molecular complexity index is 248. The van der Waals surface area contributed by atoms with E-state index in [0.717, 1.165) is 25.9 Å². The molecule has 1 amide bonds. The van der Waals surface area contributed by atoms with Crippen molar-refractivity contribution >= 4 is 5.91 Å². The maximum Gasteiger partial charge on any atom is 0.228 e. The van der Waals surface area contributed by atoms with Crippen LogP contribution in [0.3, 0.4) is 0 Å². The standard InChI is InChI=1S/C11H20N2O/c1-8-7-13(9(2)6-12-8)10(14)11(3)4-5-11/h8-9,12H,4-7H2,1-3H3/t8-,9+/m0/s1. The average molecular weight is 196 g/mol. The van der Waals surface area contributed by atoms with Crippen molar-refractivity contribution in [3.05, 3.63) is 0 Å². The highest BCUT2D eigenvalue weighted by atomic mass is 16.2. The fourth-order valence-corrected chi connectivity index (χ4v) is 2.05. The van der Waals surface area contributed by atoms with E-state index in [4.69, 9.17) is 0 Å². The lowest BCUT2D eigenvalue weighted by atomic mass is 10.0. The molecule has 0 aromatic heterocycles. The molecule has 3 heteroatoms. The van der Waals surface area contributed by atoms with Crippen LogP contribution in [0.4, 0.5) is 0 Å². The SMILES string of the molecule is C[C@@H]1CN[C@@H](C)CN1C(=O)C1(C)CC1. The molecule has 1 aliphatic carbocycles. The molecule has 2 aliphatic rings. The molecule has 0 aromatic rings. The van der Waals surface area contributed by atoms with Crippen LogP contribution in [0, 0.1) is 5.41 Å². The molecule has 0 unspecified atom stereocenters. The summed E-state index contributed by atoms with van der Waals surface area (Å²) in [6.45, 7) is 8.16. The minimum absolute atomic E-state index is 0.00861. The Labute approximate surface area is 85.8 Å². The molecule has 0 spiro atoms. The Hall–Kier alpha value is -0.570. The number of carbonyl (C=O) groups is 1. The van der Waals surface area contributed by atoms with E-state index in [-0.39, 0.29) is 5.41 Å². The molecule has 2 fully saturated rings. The van der Waals surface area contributed by atoms with Crippen LogP contribution in [0.2, 0.25) is 0 Å². The summed E-state index contributed by atoms with van der Waals surface area (Å²) in [5.74, 6) is 0.373. The maximum atomic E-state index is 12.1. The average Bonchev–Trinajstić information content (AvgIpc) is 2.88. The van der Waals surface area contributed by atoms with E-state index in [1.165, 1.54) is 0 Å². The van der Waals surface area contributed by atoms with E-state index in [1.54, 1.807) is 0 Å². The van der Waals surface area contributed by atoms with Crippen molar-refractivity contribution in [2.75, 3.05) is 13.1 Å². The molecule has 0 radical (unpaired) electrons. The second-order valence-electron chi connectivity index (χ2n) is 5.18. The van der Waals surface area contributed by atoms with Crippen LogP contribution in [-0.2, 0) is 4.79 Å². The van der Waals surface area contributed by atoms with Gasteiger partial charge >= 0.3 is 0 Å². The van der Waals surface area contributed by atoms with E-state index >= 15 is 0 Å². The first-order valence-corrected chi connectivity index (χ1v) is 5.57. The van der Waals surface area contributed by atoms with Gasteiger partial charge in [0.15, 0.2) is 0 Å². The van der Waals surface area contributed by atoms with Crippen molar-refractivity contribution in [1.29, 1.82) is 0 Å². The fraction of sp³-hybridized carbons (Fsp3) is 0.909. The molecular weight excluding hydrogens is 176 g/mol. The largest absolute Gasteiger partial charge is 0.337 e. The minimum atomic E-state index is -0.00861. The third-order valence-corrected chi connectivity index (χ3v) is 3.54. The molecule has 1 saturated heterocycles. The Balaban J connectivity index is 2.04. The third kappa shape index (κ3) is 1.65. The summed E-state index contributed by atoms with van der Waals surface area (Å²) in [4.78, 5) is 14.2. The first kappa shape index (κ1) is 9.97. The summed E-state index contributed by atoms with van der Waals surface area (Å²) in [5.41, 5.74) is -0.00861. The molecule has 2 atom stereocenters. The Morgan fingerprint density at radius 2 is 2.07 bits per heavy atom. The monoisotopic (exact) mass is 196 g/mol. The second-order valence-corrected chi connectivity index (χ2v) is 5.18. The summed E-state index contributed by atoms with van der Waals surface area (Å²) in [7, 11) is 0. The Morgan fingerprint density at radius 1 is 1.43 bits per heavy atom. The third-order valence-electron chi connectivity index (χ3n) is 3.54. The molecule has 0 bridgehead atoms. The van der Waals surface area contributed by atoms with E-state index in [2.05, 4.69) is 31.0 Å². The molecule has 1 saturated carbocycles. The number of hydrogen-bond donors (Lipinski definition) is 1. The van der Waals surface area contributed by atoms with Gasteiger partial charge in [0.2, 0.25) is 5.91 Å². The summed E-state index contributed by atoms with van der Waals surface area (Å²) in [5, 5.41) is 3.39. The topological polar surface area (TPSA) is 32.3 Å². The number of nitrogens with one attached hydrogen (secondary N) is 1. The lowest BCUT2D eigenvalue weighted by molar-refractivity contribution is -0.139. The Kier molecular flexibility index (Phi) is 2.30. The molecule has 2 rings (SSSR count). The normalized spacial score (nSPS) is 35.5. The van der Waals surface area contributed by atoms with E-state index in [9.17, 15) is 4.79 Å².